The second-order valence-electron chi connectivity index (χ2n) is 5.45. The highest BCUT2D eigenvalue weighted by atomic mass is 32.2. The number of nitro groups is 1. The van der Waals surface area contributed by atoms with Crippen molar-refractivity contribution >= 4 is 29.3 Å². The van der Waals surface area contributed by atoms with Crippen LogP contribution >= 0.6 is 11.8 Å². The predicted octanol–water partition coefficient (Wildman–Crippen LogP) is 4.12. The molecule has 0 radical (unpaired) electrons. The van der Waals surface area contributed by atoms with E-state index in [9.17, 15) is 19.3 Å². The molecule has 0 fully saturated rings. The van der Waals surface area contributed by atoms with Crippen LogP contribution in [0.1, 0.15) is 15.9 Å². The number of rotatable bonds is 4. The van der Waals surface area contributed by atoms with Crippen LogP contribution in [0.3, 0.4) is 0 Å². The number of ether oxygens (including phenoxy) is 2. The van der Waals surface area contributed by atoms with Crippen LogP contribution in [-0.2, 0) is 0 Å². The molecule has 0 aromatic heterocycles. The van der Waals surface area contributed by atoms with E-state index in [-0.39, 0.29) is 28.3 Å². The highest BCUT2D eigenvalue weighted by Gasteiger charge is 2.25. The largest absolute Gasteiger partial charge is 0.493 e. The van der Waals surface area contributed by atoms with Gasteiger partial charge in [0.2, 0.25) is 0 Å². The zero-order valence-electron chi connectivity index (χ0n) is 13.9. The maximum atomic E-state index is 13.5. The molecule has 0 unspecified atom stereocenters. The molecule has 0 N–H and O–H groups in total. The summed E-state index contributed by atoms with van der Waals surface area (Å²) < 4.78 is 23.7. The quantitative estimate of drug-likeness (QED) is 0.454. The van der Waals surface area contributed by atoms with Gasteiger partial charge in [0, 0.05) is 21.8 Å². The van der Waals surface area contributed by atoms with Gasteiger partial charge in [-0.15, -0.1) is 11.8 Å². The Morgan fingerprint density at radius 2 is 1.88 bits per heavy atom. The lowest BCUT2D eigenvalue weighted by atomic mass is 10.0. The summed E-state index contributed by atoms with van der Waals surface area (Å²) in [6.07, 6.45) is 1.45. The Hall–Kier alpha value is -2.87. The van der Waals surface area contributed by atoms with E-state index in [1.54, 1.807) is 6.07 Å². The first-order valence-electron chi connectivity index (χ1n) is 7.52. The van der Waals surface area contributed by atoms with Crippen LogP contribution in [0.2, 0.25) is 0 Å². The van der Waals surface area contributed by atoms with Crippen LogP contribution in [0.5, 0.6) is 11.5 Å². The van der Waals surface area contributed by atoms with Crippen LogP contribution in [0.4, 0.5) is 10.1 Å². The Morgan fingerprint density at radius 3 is 2.54 bits per heavy atom. The average molecular weight is 375 g/mol. The first kappa shape index (κ1) is 17.9. The van der Waals surface area contributed by atoms with Gasteiger partial charge in [0.1, 0.15) is 5.82 Å². The van der Waals surface area contributed by atoms with Gasteiger partial charge in [-0.1, -0.05) is 0 Å². The molecule has 0 aliphatic carbocycles. The molecule has 0 bridgehead atoms. The highest BCUT2D eigenvalue weighted by molar-refractivity contribution is 7.99. The summed E-state index contributed by atoms with van der Waals surface area (Å²) >= 11 is 1.38. The molecule has 0 amide bonds. The molecule has 1 aliphatic heterocycles. The molecule has 0 saturated heterocycles. The summed E-state index contributed by atoms with van der Waals surface area (Å²) in [5.74, 6) is 0.0203. The molecule has 0 saturated carbocycles. The molecule has 1 heterocycles. The van der Waals surface area contributed by atoms with Crippen molar-refractivity contribution in [2.45, 2.75) is 4.90 Å². The first-order valence-corrected chi connectivity index (χ1v) is 8.51. The van der Waals surface area contributed by atoms with Crippen molar-refractivity contribution in [2.75, 3.05) is 20.0 Å². The maximum absolute atomic E-state index is 13.5. The Balaban J connectivity index is 2.10. The summed E-state index contributed by atoms with van der Waals surface area (Å²) in [6, 6.07) is 6.73. The van der Waals surface area contributed by atoms with Gasteiger partial charge in [0.15, 0.2) is 17.3 Å². The van der Waals surface area contributed by atoms with E-state index in [2.05, 4.69) is 0 Å². The number of hydrogen-bond acceptors (Lipinski definition) is 6. The van der Waals surface area contributed by atoms with Crippen molar-refractivity contribution in [1.82, 2.24) is 0 Å². The fourth-order valence-corrected chi connectivity index (χ4v) is 3.65. The first-order chi connectivity index (χ1) is 12.4. The van der Waals surface area contributed by atoms with Crippen molar-refractivity contribution in [3.8, 4) is 11.5 Å². The van der Waals surface area contributed by atoms with Gasteiger partial charge in [-0.3, -0.25) is 14.9 Å². The van der Waals surface area contributed by atoms with E-state index in [4.69, 9.17) is 9.47 Å². The number of benzene rings is 2. The lowest BCUT2D eigenvalue weighted by molar-refractivity contribution is -0.385. The van der Waals surface area contributed by atoms with Crippen LogP contribution in [0.15, 0.2) is 40.8 Å². The third kappa shape index (κ3) is 3.28. The van der Waals surface area contributed by atoms with Gasteiger partial charge in [0.25, 0.3) is 5.69 Å². The monoisotopic (exact) mass is 375 g/mol. The van der Waals surface area contributed by atoms with Crippen molar-refractivity contribution in [3.05, 3.63) is 63.0 Å². The number of Topliss-reactive ketones (excluding diaryl/α,β-unsaturated/α-hetero) is 1. The van der Waals surface area contributed by atoms with Crippen molar-refractivity contribution < 1.29 is 23.6 Å². The topological polar surface area (TPSA) is 78.7 Å². The lowest BCUT2D eigenvalue weighted by Gasteiger charge is -2.17. The second kappa shape index (κ2) is 7.17. The van der Waals surface area contributed by atoms with Crippen molar-refractivity contribution in [3.63, 3.8) is 0 Å². The Labute approximate surface area is 152 Å². The number of thioether (sulfide) groups is 1. The molecular weight excluding hydrogens is 361 g/mol. The number of methoxy groups -OCH3 is 2. The maximum Gasteiger partial charge on any atom is 0.280 e. The summed E-state index contributed by atoms with van der Waals surface area (Å²) in [4.78, 5) is 24.2. The summed E-state index contributed by atoms with van der Waals surface area (Å²) in [5.41, 5.74) is 0.619. The summed E-state index contributed by atoms with van der Waals surface area (Å²) in [7, 11) is 2.80. The van der Waals surface area contributed by atoms with E-state index in [0.29, 0.717) is 22.0 Å². The van der Waals surface area contributed by atoms with Gasteiger partial charge < -0.3 is 9.47 Å². The minimum Gasteiger partial charge on any atom is -0.493 e. The predicted molar refractivity (Wildman–Crippen MR) is 95.6 cm³/mol. The highest BCUT2D eigenvalue weighted by Crippen LogP contribution is 2.38. The average Bonchev–Trinajstić information content (AvgIpc) is 2.63. The van der Waals surface area contributed by atoms with Gasteiger partial charge in [0.05, 0.1) is 30.8 Å². The Morgan fingerprint density at radius 1 is 1.19 bits per heavy atom. The van der Waals surface area contributed by atoms with Gasteiger partial charge in [-0.2, -0.15) is 0 Å². The zero-order chi connectivity index (χ0) is 18.8. The van der Waals surface area contributed by atoms with Crippen molar-refractivity contribution in [1.29, 1.82) is 0 Å². The van der Waals surface area contributed by atoms with E-state index >= 15 is 0 Å². The van der Waals surface area contributed by atoms with Gasteiger partial charge >= 0.3 is 0 Å². The number of carbonyl (C=O) groups is 1. The Kier molecular flexibility index (Phi) is 4.94. The smallest absolute Gasteiger partial charge is 0.280 e. The number of carbonyl (C=O) groups excluding carboxylic acids is 1. The lowest BCUT2D eigenvalue weighted by Crippen LogP contribution is -2.13. The number of halogens is 1. The van der Waals surface area contributed by atoms with Crippen molar-refractivity contribution in [2.24, 2.45) is 0 Å². The van der Waals surface area contributed by atoms with Crippen LogP contribution < -0.4 is 9.47 Å². The SMILES string of the molecule is COc1cc(C=C2CSc3ccc(F)cc3C2=O)c([N+](=O)[O-])cc1OC. The minimum atomic E-state index is -0.553. The van der Waals surface area contributed by atoms with E-state index in [0.717, 1.165) is 0 Å². The number of nitro benzene ring substituents is 1. The van der Waals surface area contributed by atoms with Crippen LogP contribution in [-0.4, -0.2) is 30.7 Å². The van der Waals surface area contributed by atoms with Crippen LogP contribution in [0, 0.1) is 15.9 Å². The van der Waals surface area contributed by atoms with Gasteiger partial charge in [-0.05, 0) is 30.3 Å². The fourth-order valence-electron chi connectivity index (χ4n) is 2.65. The third-order valence-corrected chi connectivity index (χ3v) is 5.04. The molecule has 3 rings (SSSR count). The molecule has 0 atom stereocenters. The number of hydrogen-bond donors (Lipinski definition) is 0. The molecule has 2 aromatic carbocycles. The molecule has 0 spiro atoms. The Bertz CT molecular complexity index is 941. The van der Waals surface area contributed by atoms with E-state index in [1.807, 2.05) is 0 Å². The van der Waals surface area contributed by atoms with E-state index in [1.165, 1.54) is 56.3 Å². The van der Waals surface area contributed by atoms with Gasteiger partial charge in [-0.25, -0.2) is 4.39 Å². The minimum absolute atomic E-state index is 0.210. The zero-order valence-corrected chi connectivity index (χ0v) is 14.8. The molecule has 134 valence electrons. The fraction of sp³-hybridized carbons (Fsp3) is 0.167. The number of nitrogens with zero attached hydrogens (tertiary/aromatic N) is 1. The molecular formula is C18H14FNO5S. The molecule has 6 nitrogen and oxygen atoms in total. The molecule has 2 aromatic rings. The van der Waals surface area contributed by atoms with E-state index < -0.39 is 10.7 Å². The third-order valence-electron chi connectivity index (χ3n) is 3.92. The summed E-state index contributed by atoms with van der Waals surface area (Å²) in [6.45, 7) is 0. The van der Waals surface area contributed by atoms with Crippen LogP contribution in [0.25, 0.3) is 6.08 Å². The standard InChI is InChI=1S/C18H14FNO5S/c1-24-15-6-10(14(20(22)23)8-16(15)25-2)5-11-9-26-17-4-3-12(19)7-13(17)18(11)21/h3-8H,9H2,1-2H3. The number of fused-ring (bicyclic) bond motifs is 1. The number of ketones is 1. The molecule has 26 heavy (non-hydrogen) atoms. The molecule has 1 aliphatic rings. The molecule has 8 heteroatoms. The summed E-state index contributed by atoms with van der Waals surface area (Å²) in [5, 5.41) is 11.4. The second-order valence-corrected chi connectivity index (χ2v) is 6.47. The normalized spacial score (nSPS) is 14.9.